The van der Waals surface area contributed by atoms with Crippen LogP contribution in [-0.2, 0) is 9.59 Å². The lowest BCUT2D eigenvalue weighted by atomic mass is 9.83. The smallest absolute Gasteiger partial charge is 0.234 e. The van der Waals surface area contributed by atoms with Gasteiger partial charge in [-0.05, 0) is 44.0 Å². The fourth-order valence-corrected chi connectivity index (χ4v) is 3.70. The third kappa shape index (κ3) is 5.00. The number of nitrogens with zero attached hydrogens (tertiary/aromatic N) is 1. The van der Waals surface area contributed by atoms with Crippen molar-refractivity contribution in [2.75, 3.05) is 5.32 Å². The van der Waals surface area contributed by atoms with Gasteiger partial charge in [0.05, 0.1) is 11.3 Å². The van der Waals surface area contributed by atoms with E-state index in [0.717, 1.165) is 42.7 Å². The van der Waals surface area contributed by atoms with E-state index in [4.69, 9.17) is 0 Å². The van der Waals surface area contributed by atoms with Gasteiger partial charge in [-0.1, -0.05) is 19.3 Å². The van der Waals surface area contributed by atoms with E-state index >= 15 is 0 Å². The lowest BCUT2D eigenvalue weighted by Gasteiger charge is -2.32. The predicted molar refractivity (Wildman–Crippen MR) is 95.6 cm³/mol. The molecule has 0 radical (unpaired) electrons. The molecule has 128 valence electrons. The number of nitrogens with one attached hydrogen (secondary N) is 2. The number of carbonyl (C=O) groups is 2. The Balaban J connectivity index is 1.93. The lowest BCUT2D eigenvalue weighted by molar-refractivity contribution is -0.122. The zero-order valence-corrected chi connectivity index (χ0v) is 14.9. The van der Waals surface area contributed by atoms with Crippen molar-refractivity contribution in [2.45, 2.75) is 61.6 Å². The van der Waals surface area contributed by atoms with Gasteiger partial charge in [-0.2, -0.15) is 5.26 Å². The summed E-state index contributed by atoms with van der Waals surface area (Å²) in [4.78, 5) is 24.4. The average Bonchev–Trinajstić information content (AvgIpc) is 2.57. The Hall–Kier alpha value is -2.00. The molecule has 0 heterocycles. The van der Waals surface area contributed by atoms with Gasteiger partial charge >= 0.3 is 0 Å². The third-order valence-corrected chi connectivity index (χ3v) is 5.25. The number of rotatable bonds is 5. The number of thioether (sulfide) groups is 1. The quantitative estimate of drug-likeness (QED) is 0.801. The summed E-state index contributed by atoms with van der Waals surface area (Å²) in [5.41, 5.74) is 0.0361. The van der Waals surface area contributed by atoms with E-state index < -0.39 is 5.54 Å². The summed E-state index contributed by atoms with van der Waals surface area (Å²) in [6, 6.07) is 9.69. The number of benzene rings is 1. The highest BCUT2D eigenvalue weighted by atomic mass is 32.2. The summed E-state index contributed by atoms with van der Waals surface area (Å²) in [5, 5.41) is 14.8. The van der Waals surface area contributed by atoms with E-state index in [1.165, 1.54) is 18.7 Å². The Morgan fingerprint density at radius 1 is 1.21 bits per heavy atom. The Morgan fingerprint density at radius 2 is 1.83 bits per heavy atom. The molecule has 2 N–H and O–H groups in total. The molecule has 0 bridgehead atoms. The first-order valence-corrected chi connectivity index (χ1v) is 9.10. The number of hydrogen-bond acceptors (Lipinski definition) is 4. The van der Waals surface area contributed by atoms with Gasteiger partial charge in [-0.3, -0.25) is 9.59 Å². The molecule has 0 saturated heterocycles. The normalized spacial score (nSPS) is 17.4. The fraction of sp³-hybridized carbons (Fsp3) is 0.500. The van der Waals surface area contributed by atoms with E-state index in [9.17, 15) is 14.9 Å². The molecule has 1 atom stereocenters. The highest BCUT2D eigenvalue weighted by Gasteiger charge is 2.34. The Kier molecular flexibility index (Phi) is 6.27. The van der Waals surface area contributed by atoms with E-state index in [2.05, 4.69) is 16.7 Å². The first-order chi connectivity index (χ1) is 11.4. The number of carbonyl (C=O) groups excluding carboxylic acids is 2. The van der Waals surface area contributed by atoms with Crippen molar-refractivity contribution in [1.82, 2.24) is 5.32 Å². The van der Waals surface area contributed by atoms with Crippen LogP contribution in [0.3, 0.4) is 0 Å². The Bertz CT molecular complexity index is 631. The summed E-state index contributed by atoms with van der Waals surface area (Å²) in [5.74, 6) is -0.216. The van der Waals surface area contributed by atoms with Crippen LogP contribution in [0, 0.1) is 11.3 Å². The minimum Gasteiger partial charge on any atom is -0.337 e. The summed E-state index contributed by atoms with van der Waals surface area (Å²) in [6.45, 7) is 3.31. The minimum absolute atomic E-state index is 0.102. The third-order valence-electron chi connectivity index (χ3n) is 4.14. The standard InChI is InChI=1S/C18H23N3O2S/c1-13(17(23)21-18(12-19)10-4-3-5-11-18)24-16-8-6-15(7-9-16)20-14(2)22/h6-9,13H,3-5,10-11H2,1-2H3,(H,20,22)(H,21,23)/t13-/m1/s1. The van der Waals surface area contributed by atoms with Crippen LogP contribution >= 0.6 is 11.8 Å². The maximum atomic E-state index is 12.5. The van der Waals surface area contributed by atoms with Gasteiger partial charge in [0.25, 0.3) is 0 Å². The number of hydrogen-bond donors (Lipinski definition) is 2. The first kappa shape index (κ1) is 18.3. The molecule has 2 amide bonds. The van der Waals surface area contributed by atoms with Crippen LogP contribution in [0.5, 0.6) is 0 Å². The monoisotopic (exact) mass is 345 g/mol. The summed E-state index contributed by atoms with van der Waals surface area (Å²) < 4.78 is 0. The summed E-state index contributed by atoms with van der Waals surface area (Å²) in [6.07, 6.45) is 4.57. The Morgan fingerprint density at radius 3 is 2.38 bits per heavy atom. The van der Waals surface area contributed by atoms with E-state index in [1.807, 2.05) is 31.2 Å². The molecule has 6 heteroatoms. The summed E-state index contributed by atoms with van der Waals surface area (Å²) >= 11 is 1.44. The van der Waals surface area contributed by atoms with Crippen LogP contribution in [0.4, 0.5) is 5.69 Å². The van der Waals surface area contributed by atoms with Crippen LogP contribution in [-0.4, -0.2) is 22.6 Å². The molecule has 5 nitrogen and oxygen atoms in total. The van der Waals surface area contributed by atoms with Gasteiger partial charge in [0.2, 0.25) is 11.8 Å². The second-order valence-electron chi connectivity index (χ2n) is 6.21. The molecule has 24 heavy (non-hydrogen) atoms. The van der Waals surface area contributed by atoms with Crippen molar-refractivity contribution >= 4 is 29.3 Å². The largest absolute Gasteiger partial charge is 0.337 e. The van der Waals surface area contributed by atoms with Crippen molar-refractivity contribution in [2.24, 2.45) is 0 Å². The second kappa shape index (κ2) is 8.20. The highest BCUT2D eigenvalue weighted by molar-refractivity contribution is 8.00. The number of anilines is 1. The van der Waals surface area contributed by atoms with Crippen LogP contribution in [0.15, 0.2) is 29.2 Å². The van der Waals surface area contributed by atoms with Gasteiger partial charge in [0.1, 0.15) is 5.54 Å². The molecular formula is C18H23N3O2S. The first-order valence-electron chi connectivity index (χ1n) is 8.22. The molecular weight excluding hydrogens is 322 g/mol. The predicted octanol–water partition coefficient (Wildman–Crippen LogP) is 3.47. The molecule has 1 aromatic rings. The zero-order valence-electron chi connectivity index (χ0n) is 14.1. The van der Waals surface area contributed by atoms with E-state index in [0.29, 0.717) is 0 Å². The van der Waals surface area contributed by atoms with Gasteiger partial charge in [0, 0.05) is 17.5 Å². The number of nitriles is 1. The molecule has 0 aliphatic heterocycles. The average molecular weight is 345 g/mol. The van der Waals surface area contributed by atoms with Gasteiger partial charge in [0.15, 0.2) is 0 Å². The molecule has 1 aliphatic rings. The molecule has 1 saturated carbocycles. The molecule has 0 aromatic heterocycles. The van der Waals surface area contributed by atoms with Crippen molar-refractivity contribution in [1.29, 1.82) is 5.26 Å². The SMILES string of the molecule is CC(=O)Nc1ccc(S[C@H](C)C(=O)NC2(C#N)CCCCC2)cc1. The fourth-order valence-electron chi connectivity index (χ4n) is 2.84. The van der Waals surface area contributed by atoms with E-state index in [-0.39, 0.29) is 17.1 Å². The molecule has 0 unspecified atom stereocenters. The summed E-state index contributed by atoms with van der Waals surface area (Å²) in [7, 11) is 0. The van der Waals surface area contributed by atoms with Crippen LogP contribution < -0.4 is 10.6 Å². The van der Waals surface area contributed by atoms with Crippen molar-refractivity contribution in [3.8, 4) is 6.07 Å². The molecule has 1 aromatic carbocycles. The Labute approximate surface area is 147 Å². The van der Waals surface area contributed by atoms with Gasteiger partial charge in [-0.15, -0.1) is 11.8 Å². The lowest BCUT2D eigenvalue weighted by Crippen LogP contribution is -2.50. The second-order valence-corrected chi connectivity index (χ2v) is 7.62. The van der Waals surface area contributed by atoms with Crippen LogP contribution in [0.25, 0.3) is 0 Å². The minimum atomic E-state index is -0.695. The van der Waals surface area contributed by atoms with Crippen molar-refractivity contribution < 1.29 is 9.59 Å². The molecule has 0 spiro atoms. The van der Waals surface area contributed by atoms with Crippen LogP contribution in [0.2, 0.25) is 0 Å². The number of amides is 2. The topological polar surface area (TPSA) is 82.0 Å². The maximum absolute atomic E-state index is 12.5. The molecule has 1 fully saturated rings. The van der Waals surface area contributed by atoms with Gasteiger partial charge < -0.3 is 10.6 Å². The van der Waals surface area contributed by atoms with Crippen molar-refractivity contribution in [3.05, 3.63) is 24.3 Å². The van der Waals surface area contributed by atoms with Crippen LogP contribution in [0.1, 0.15) is 46.0 Å². The highest BCUT2D eigenvalue weighted by Crippen LogP contribution is 2.29. The molecule has 2 rings (SSSR count). The molecule has 1 aliphatic carbocycles. The zero-order chi connectivity index (χ0) is 17.6. The van der Waals surface area contributed by atoms with E-state index in [1.54, 1.807) is 0 Å². The maximum Gasteiger partial charge on any atom is 0.234 e. The van der Waals surface area contributed by atoms with Gasteiger partial charge in [-0.25, -0.2) is 0 Å². The van der Waals surface area contributed by atoms with Crippen molar-refractivity contribution in [3.63, 3.8) is 0 Å².